The fourth-order valence-corrected chi connectivity index (χ4v) is 3.55. The summed E-state index contributed by atoms with van der Waals surface area (Å²) in [5.41, 5.74) is 3.70. The van der Waals surface area contributed by atoms with Gasteiger partial charge in [-0.15, -0.1) is 0 Å². The number of aliphatic hydroxyl groups is 1. The van der Waals surface area contributed by atoms with E-state index in [9.17, 15) is 5.11 Å². The van der Waals surface area contributed by atoms with E-state index < -0.39 is 0 Å². The Labute approximate surface area is 137 Å². The number of hydrogen-bond donors (Lipinski definition) is 1. The number of nitrogens with zero attached hydrogens (tertiary/aromatic N) is 1. The third kappa shape index (κ3) is 2.92. The zero-order chi connectivity index (χ0) is 15.8. The van der Waals surface area contributed by atoms with Gasteiger partial charge in [0.05, 0.1) is 6.61 Å². The predicted octanol–water partition coefficient (Wildman–Crippen LogP) is 3.45. The molecule has 3 atom stereocenters. The number of benzene rings is 2. The lowest BCUT2D eigenvalue weighted by molar-refractivity contribution is 0.0894. The van der Waals surface area contributed by atoms with Crippen LogP contribution in [-0.4, -0.2) is 35.9 Å². The molecule has 2 aliphatic rings. The van der Waals surface area contributed by atoms with Gasteiger partial charge in [0, 0.05) is 6.04 Å². The molecule has 1 aliphatic heterocycles. The van der Waals surface area contributed by atoms with Crippen LogP contribution in [0.2, 0.25) is 0 Å². The van der Waals surface area contributed by atoms with E-state index in [-0.39, 0.29) is 25.0 Å². The molecule has 23 heavy (non-hydrogen) atoms. The van der Waals surface area contributed by atoms with Crippen LogP contribution in [0, 0.1) is 5.92 Å². The van der Waals surface area contributed by atoms with E-state index in [1.54, 1.807) is 0 Å². The molecule has 0 spiro atoms. The minimum absolute atomic E-state index is 0.0811. The summed E-state index contributed by atoms with van der Waals surface area (Å²) in [6.45, 7) is 0.216. The molecule has 1 saturated heterocycles. The Morgan fingerprint density at radius 1 is 1.09 bits per heavy atom. The Morgan fingerprint density at radius 3 is 2.48 bits per heavy atom. The molecule has 120 valence electrons. The average Bonchev–Trinajstić information content (AvgIpc) is 3.49. The summed E-state index contributed by atoms with van der Waals surface area (Å²) < 4.78 is 6.00. The van der Waals surface area contributed by atoms with Crippen LogP contribution in [0.3, 0.4) is 0 Å². The van der Waals surface area contributed by atoms with Gasteiger partial charge in [0.15, 0.2) is 0 Å². The second-order valence-corrected chi connectivity index (χ2v) is 6.65. The number of aliphatic hydroxyl groups excluding tert-OH is 1. The molecule has 2 fully saturated rings. The molecule has 3 nitrogen and oxygen atoms in total. The quantitative estimate of drug-likeness (QED) is 0.830. The van der Waals surface area contributed by atoms with Crippen molar-refractivity contribution in [3.05, 3.63) is 60.2 Å². The van der Waals surface area contributed by atoms with Crippen LogP contribution in [0.5, 0.6) is 0 Å². The van der Waals surface area contributed by atoms with Crippen LogP contribution in [0.1, 0.15) is 24.5 Å². The Hall–Kier alpha value is -1.68. The van der Waals surface area contributed by atoms with Crippen molar-refractivity contribution in [1.29, 1.82) is 0 Å². The van der Waals surface area contributed by atoms with Gasteiger partial charge < -0.3 is 9.84 Å². The van der Waals surface area contributed by atoms with Crippen molar-refractivity contribution in [2.75, 3.05) is 13.7 Å². The molecule has 1 heterocycles. The van der Waals surface area contributed by atoms with Crippen LogP contribution in [0.25, 0.3) is 11.1 Å². The smallest absolute Gasteiger partial charge is 0.142 e. The molecule has 3 heteroatoms. The lowest BCUT2D eigenvalue weighted by Gasteiger charge is -2.24. The lowest BCUT2D eigenvalue weighted by atomic mass is 9.97. The highest BCUT2D eigenvalue weighted by molar-refractivity contribution is 5.68. The minimum atomic E-state index is 0.0811. The largest absolute Gasteiger partial charge is 0.395 e. The van der Waals surface area contributed by atoms with Crippen LogP contribution >= 0.6 is 0 Å². The maximum absolute atomic E-state index is 9.68. The Morgan fingerprint density at radius 2 is 1.78 bits per heavy atom. The summed E-state index contributed by atoms with van der Waals surface area (Å²) in [6, 6.07) is 19.2. The number of hydrogen-bond acceptors (Lipinski definition) is 3. The van der Waals surface area contributed by atoms with E-state index in [2.05, 4.69) is 60.5 Å². The van der Waals surface area contributed by atoms with Gasteiger partial charge in [-0.25, -0.2) is 0 Å². The molecular weight excluding hydrogens is 286 g/mol. The van der Waals surface area contributed by atoms with E-state index in [0.29, 0.717) is 5.92 Å². The number of rotatable bonds is 6. The van der Waals surface area contributed by atoms with Crippen molar-refractivity contribution in [2.45, 2.75) is 31.2 Å². The van der Waals surface area contributed by atoms with Crippen molar-refractivity contribution >= 4 is 0 Å². The van der Waals surface area contributed by atoms with E-state index in [1.165, 1.54) is 29.5 Å². The highest BCUT2D eigenvalue weighted by Gasteiger charge is 2.48. The zero-order valence-electron chi connectivity index (χ0n) is 13.4. The summed E-state index contributed by atoms with van der Waals surface area (Å²) in [5.74, 6) is 0.638. The Bertz CT molecular complexity index is 668. The van der Waals surface area contributed by atoms with Crippen molar-refractivity contribution in [3.8, 4) is 11.1 Å². The third-order valence-electron chi connectivity index (χ3n) is 5.10. The molecule has 1 aliphatic carbocycles. The highest BCUT2D eigenvalue weighted by atomic mass is 16.6. The lowest BCUT2D eigenvalue weighted by Crippen LogP contribution is -2.38. The van der Waals surface area contributed by atoms with Gasteiger partial charge in [0.1, 0.15) is 12.3 Å². The second-order valence-electron chi connectivity index (χ2n) is 6.65. The van der Waals surface area contributed by atoms with Crippen LogP contribution in [-0.2, 0) is 4.74 Å². The fourth-order valence-electron chi connectivity index (χ4n) is 3.55. The molecule has 0 aromatic heterocycles. The van der Waals surface area contributed by atoms with Gasteiger partial charge >= 0.3 is 0 Å². The Kier molecular flexibility index (Phi) is 3.93. The number of epoxide rings is 1. The predicted molar refractivity (Wildman–Crippen MR) is 90.9 cm³/mol. The van der Waals surface area contributed by atoms with Gasteiger partial charge in [0.25, 0.3) is 0 Å². The third-order valence-corrected chi connectivity index (χ3v) is 5.10. The standard InChI is InChI=1S/C20H23NO2/c1-21(18(13-22)15-11-12-15)20-19(23-20)17-10-6-5-9-16(17)14-7-3-2-4-8-14/h2-10,15,18-20,22H,11-13H2,1H3/t18-,19?,20?/m1/s1. The minimum Gasteiger partial charge on any atom is -0.395 e. The van der Waals surface area contributed by atoms with Crippen molar-refractivity contribution in [2.24, 2.45) is 5.92 Å². The zero-order valence-corrected chi connectivity index (χ0v) is 13.4. The Balaban J connectivity index is 1.56. The van der Waals surface area contributed by atoms with Gasteiger partial charge in [-0.1, -0.05) is 54.6 Å². The molecule has 2 unspecified atom stereocenters. The SMILES string of the molecule is CN(C1OC1c1ccccc1-c1ccccc1)[C@H](CO)C1CC1. The topological polar surface area (TPSA) is 36.0 Å². The van der Waals surface area contributed by atoms with Gasteiger partial charge in [-0.3, -0.25) is 4.90 Å². The van der Waals surface area contributed by atoms with Gasteiger partial charge in [-0.2, -0.15) is 0 Å². The molecule has 2 aromatic carbocycles. The van der Waals surface area contributed by atoms with Crippen molar-refractivity contribution < 1.29 is 9.84 Å². The summed E-state index contributed by atoms with van der Waals surface area (Å²) >= 11 is 0. The molecule has 2 aromatic rings. The summed E-state index contributed by atoms with van der Waals surface area (Å²) in [6.07, 6.45) is 2.64. The highest BCUT2D eigenvalue weighted by Crippen LogP contribution is 2.47. The maximum atomic E-state index is 9.68. The first-order valence-corrected chi connectivity index (χ1v) is 8.42. The van der Waals surface area contributed by atoms with Crippen molar-refractivity contribution in [3.63, 3.8) is 0 Å². The van der Waals surface area contributed by atoms with Gasteiger partial charge in [0.2, 0.25) is 0 Å². The monoisotopic (exact) mass is 309 g/mol. The summed E-state index contributed by atoms with van der Waals surface area (Å²) in [4.78, 5) is 2.23. The van der Waals surface area contributed by atoms with Crippen LogP contribution in [0.15, 0.2) is 54.6 Å². The first-order valence-electron chi connectivity index (χ1n) is 8.42. The fraction of sp³-hybridized carbons (Fsp3) is 0.400. The summed E-state index contributed by atoms with van der Waals surface area (Å²) in [5, 5.41) is 9.68. The van der Waals surface area contributed by atoms with E-state index >= 15 is 0 Å². The number of ether oxygens (including phenoxy) is 1. The maximum Gasteiger partial charge on any atom is 0.142 e. The molecule has 0 bridgehead atoms. The molecular formula is C20H23NO2. The van der Waals surface area contributed by atoms with Gasteiger partial charge in [-0.05, 0) is 42.5 Å². The summed E-state index contributed by atoms with van der Waals surface area (Å²) in [7, 11) is 2.08. The second kappa shape index (κ2) is 6.08. The molecule has 0 radical (unpaired) electrons. The average molecular weight is 309 g/mol. The van der Waals surface area contributed by atoms with Crippen molar-refractivity contribution in [1.82, 2.24) is 4.90 Å². The van der Waals surface area contributed by atoms with Crippen LogP contribution < -0.4 is 0 Å². The number of likely N-dealkylation sites (N-methyl/N-ethyl adjacent to an activating group) is 1. The van der Waals surface area contributed by atoms with E-state index in [4.69, 9.17) is 4.74 Å². The molecule has 4 rings (SSSR count). The molecule has 0 amide bonds. The van der Waals surface area contributed by atoms with E-state index in [0.717, 1.165) is 0 Å². The first-order chi connectivity index (χ1) is 11.3. The van der Waals surface area contributed by atoms with Crippen LogP contribution in [0.4, 0.5) is 0 Å². The normalized spacial score (nSPS) is 24.7. The molecule has 1 saturated carbocycles. The molecule has 1 N–H and O–H groups in total. The van der Waals surface area contributed by atoms with E-state index in [1.807, 2.05) is 6.07 Å². The first kappa shape index (κ1) is 14.9.